The van der Waals surface area contributed by atoms with E-state index in [1.54, 1.807) is 17.7 Å². The van der Waals surface area contributed by atoms with Gasteiger partial charge in [0.1, 0.15) is 17.0 Å². The van der Waals surface area contributed by atoms with Gasteiger partial charge in [0, 0.05) is 17.0 Å². The second-order valence-electron chi connectivity index (χ2n) is 8.02. The topological polar surface area (TPSA) is 64.1 Å². The number of aryl methyl sites for hydroxylation is 2. The van der Waals surface area contributed by atoms with Crippen molar-refractivity contribution >= 4 is 39.0 Å². The lowest BCUT2D eigenvalue weighted by Gasteiger charge is -2.21. The molecule has 158 valence electrons. The smallest absolute Gasteiger partial charge is 0.306 e. The maximum Gasteiger partial charge on any atom is 0.306 e. The fourth-order valence-corrected chi connectivity index (χ4v) is 5.73. The van der Waals surface area contributed by atoms with Gasteiger partial charge in [-0.05, 0) is 80.7 Å². The van der Waals surface area contributed by atoms with Crippen LogP contribution in [0.25, 0.3) is 10.2 Å². The highest BCUT2D eigenvalue weighted by Crippen LogP contribution is 2.41. The molecule has 1 aliphatic rings. The monoisotopic (exact) mass is 423 g/mol. The molecule has 1 atom stereocenters. The molecule has 1 aliphatic carbocycles. The number of esters is 1. The molecular formula is C24H29N3O2S. The highest BCUT2D eigenvalue weighted by molar-refractivity contribution is 7.19. The molecular weight excluding hydrogens is 394 g/mol. The van der Waals surface area contributed by atoms with E-state index in [0.29, 0.717) is 18.9 Å². The Kier molecular flexibility index (Phi) is 6.04. The number of nitrogens with one attached hydrogen (secondary N) is 1. The van der Waals surface area contributed by atoms with Crippen molar-refractivity contribution in [3.05, 3.63) is 45.6 Å². The first kappa shape index (κ1) is 20.8. The molecule has 0 radical (unpaired) electrons. The van der Waals surface area contributed by atoms with Crippen LogP contribution in [0.3, 0.4) is 0 Å². The average molecular weight is 424 g/mol. The summed E-state index contributed by atoms with van der Waals surface area (Å²) >= 11 is 1.74. The van der Waals surface area contributed by atoms with Gasteiger partial charge in [0.05, 0.1) is 12.0 Å². The summed E-state index contributed by atoms with van der Waals surface area (Å²) in [4.78, 5) is 23.4. The van der Waals surface area contributed by atoms with Gasteiger partial charge in [-0.1, -0.05) is 13.0 Å². The Hall–Kier alpha value is -2.47. The summed E-state index contributed by atoms with van der Waals surface area (Å²) in [5.74, 6) is 1.14. The van der Waals surface area contributed by atoms with Crippen LogP contribution in [0.2, 0.25) is 0 Å². The quantitative estimate of drug-likeness (QED) is 0.517. The first-order valence-electron chi connectivity index (χ1n) is 10.8. The molecule has 4 rings (SSSR count). The van der Waals surface area contributed by atoms with Gasteiger partial charge < -0.3 is 10.1 Å². The third kappa shape index (κ3) is 3.93. The molecule has 5 nitrogen and oxygen atoms in total. The molecule has 0 amide bonds. The molecule has 6 heteroatoms. The number of carbonyl (C=O) groups excluding carboxylic acids is 1. The van der Waals surface area contributed by atoms with Crippen LogP contribution < -0.4 is 5.32 Å². The van der Waals surface area contributed by atoms with Crippen molar-refractivity contribution in [2.75, 3.05) is 11.9 Å². The number of ether oxygens (including phenoxy) is 1. The van der Waals surface area contributed by atoms with E-state index in [9.17, 15) is 4.79 Å². The number of anilines is 2. The zero-order chi connectivity index (χ0) is 21.3. The van der Waals surface area contributed by atoms with Gasteiger partial charge in [-0.2, -0.15) is 0 Å². The van der Waals surface area contributed by atoms with Gasteiger partial charge in [0.2, 0.25) is 0 Å². The summed E-state index contributed by atoms with van der Waals surface area (Å²) in [5.41, 5.74) is 6.42. The lowest BCUT2D eigenvalue weighted by atomic mass is 9.86. The molecule has 0 spiro atoms. The zero-order valence-corrected chi connectivity index (χ0v) is 19.0. The van der Waals surface area contributed by atoms with Crippen molar-refractivity contribution in [1.29, 1.82) is 0 Å². The summed E-state index contributed by atoms with van der Waals surface area (Å²) in [6.45, 7) is 8.84. The molecule has 30 heavy (non-hydrogen) atoms. The normalized spacial score (nSPS) is 15.8. The number of fused-ring (bicyclic) bond motifs is 3. The number of aromatic nitrogens is 2. The predicted molar refractivity (Wildman–Crippen MR) is 123 cm³/mol. The van der Waals surface area contributed by atoms with E-state index >= 15 is 0 Å². The van der Waals surface area contributed by atoms with Crippen LogP contribution in [0.1, 0.15) is 53.8 Å². The lowest BCUT2D eigenvalue weighted by molar-refractivity contribution is -0.144. The average Bonchev–Trinajstić information content (AvgIpc) is 3.10. The SMILES string of the molecule is CCOC(=O)CC1CCc2c(sc3ncnc(Nc4ccc(CC)c(C)c4C)c23)C1. The summed E-state index contributed by atoms with van der Waals surface area (Å²) in [6.07, 6.45) is 6.04. The fourth-order valence-electron chi connectivity index (χ4n) is 4.43. The Morgan fingerprint density at radius 1 is 1.23 bits per heavy atom. The molecule has 2 heterocycles. The summed E-state index contributed by atoms with van der Waals surface area (Å²) < 4.78 is 5.15. The van der Waals surface area contributed by atoms with Crippen molar-refractivity contribution < 1.29 is 9.53 Å². The molecule has 0 saturated heterocycles. The Bertz CT molecular complexity index is 1090. The Labute approximate surface area is 181 Å². The van der Waals surface area contributed by atoms with E-state index in [-0.39, 0.29) is 5.97 Å². The van der Waals surface area contributed by atoms with E-state index in [2.05, 4.69) is 48.2 Å². The van der Waals surface area contributed by atoms with Gasteiger partial charge in [-0.3, -0.25) is 4.79 Å². The van der Waals surface area contributed by atoms with Crippen LogP contribution in [0.15, 0.2) is 18.5 Å². The molecule has 0 fully saturated rings. The third-order valence-electron chi connectivity index (χ3n) is 6.24. The van der Waals surface area contributed by atoms with Gasteiger partial charge in [-0.15, -0.1) is 11.3 Å². The second kappa shape index (κ2) is 8.72. The van der Waals surface area contributed by atoms with E-state index < -0.39 is 0 Å². The van der Waals surface area contributed by atoms with Crippen LogP contribution in [-0.2, 0) is 28.8 Å². The van der Waals surface area contributed by atoms with Gasteiger partial charge in [-0.25, -0.2) is 9.97 Å². The van der Waals surface area contributed by atoms with E-state index in [0.717, 1.165) is 47.4 Å². The number of hydrogen-bond donors (Lipinski definition) is 1. The largest absolute Gasteiger partial charge is 0.466 e. The highest BCUT2D eigenvalue weighted by atomic mass is 32.1. The minimum absolute atomic E-state index is 0.0874. The fraction of sp³-hybridized carbons (Fsp3) is 0.458. The van der Waals surface area contributed by atoms with Crippen LogP contribution in [0.5, 0.6) is 0 Å². The van der Waals surface area contributed by atoms with Crippen molar-refractivity contribution in [2.24, 2.45) is 5.92 Å². The van der Waals surface area contributed by atoms with Crippen molar-refractivity contribution in [2.45, 2.75) is 59.8 Å². The Morgan fingerprint density at radius 3 is 2.83 bits per heavy atom. The molecule has 0 aliphatic heterocycles. The predicted octanol–water partition coefficient (Wildman–Crippen LogP) is 5.67. The number of thiophene rings is 1. The standard InChI is InChI=1S/C24H29N3O2S/c1-5-17-8-10-19(15(4)14(17)3)27-23-22-18-9-7-16(12-21(28)29-6-2)11-20(18)30-24(22)26-13-25-23/h8,10,13,16H,5-7,9,11-12H2,1-4H3,(H,25,26,27). The molecule has 3 aromatic rings. The van der Waals surface area contributed by atoms with Crippen molar-refractivity contribution in [1.82, 2.24) is 9.97 Å². The van der Waals surface area contributed by atoms with Crippen molar-refractivity contribution in [3.63, 3.8) is 0 Å². The molecule has 1 aromatic carbocycles. The van der Waals surface area contributed by atoms with Crippen molar-refractivity contribution in [3.8, 4) is 0 Å². The van der Waals surface area contributed by atoms with E-state index in [1.807, 2.05) is 6.92 Å². The van der Waals surface area contributed by atoms with Crippen LogP contribution >= 0.6 is 11.3 Å². The number of rotatable bonds is 6. The maximum atomic E-state index is 11.9. The number of benzene rings is 1. The van der Waals surface area contributed by atoms with E-state index in [1.165, 1.54) is 27.1 Å². The zero-order valence-electron chi connectivity index (χ0n) is 18.2. The van der Waals surface area contributed by atoms with Crippen LogP contribution in [0, 0.1) is 19.8 Å². The summed E-state index contributed by atoms with van der Waals surface area (Å²) in [6, 6.07) is 4.36. The number of hydrogen-bond acceptors (Lipinski definition) is 6. The number of carbonyl (C=O) groups is 1. The Morgan fingerprint density at radius 2 is 2.07 bits per heavy atom. The molecule has 1 unspecified atom stereocenters. The lowest BCUT2D eigenvalue weighted by Crippen LogP contribution is -2.18. The van der Waals surface area contributed by atoms with E-state index in [4.69, 9.17) is 4.74 Å². The first-order valence-corrected chi connectivity index (χ1v) is 11.6. The summed E-state index contributed by atoms with van der Waals surface area (Å²) in [7, 11) is 0. The molecule has 2 aromatic heterocycles. The highest BCUT2D eigenvalue weighted by Gasteiger charge is 2.27. The third-order valence-corrected chi connectivity index (χ3v) is 7.40. The minimum Gasteiger partial charge on any atom is -0.466 e. The Balaban J connectivity index is 1.64. The van der Waals surface area contributed by atoms with Crippen LogP contribution in [0.4, 0.5) is 11.5 Å². The van der Waals surface area contributed by atoms with Crippen LogP contribution in [-0.4, -0.2) is 22.5 Å². The first-order chi connectivity index (χ1) is 14.5. The molecule has 0 saturated carbocycles. The van der Waals surface area contributed by atoms with Gasteiger partial charge in [0.25, 0.3) is 0 Å². The summed E-state index contributed by atoms with van der Waals surface area (Å²) in [5, 5.41) is 4.73. The van der Waals surface area contributed by atoms with Gasteiger partial charge in [0.15, 0.2) is 0 Å². The molecule has 1 N–H and O–H groups in total. The minimum atomic E-state index is -0.0874. The van der Waals surface area contributed by atoms with Gasteiger partial charge >= 0.3 is 5.97 Å². The number of nitrogens with zero attached hydrogens (tertiary/aromatic N) is 2. The maximum absolute atomic E-state index is 11.9. The second-order valence-corrected chi connectivity index (χ2v) is 9.11. The molecule has 0 bridgehead atoms.